The summed E-state index contributed by atoms with van der Waals surface area (Å²) in [6.07, 6.45) is 0.935. The van der Waals surface area contributed by atoms with Crippen LogP contribution < -0.4 is 10.4 Å². The van der Waals surface area contributed by atoms with E-state index in [1.807, 2.05) is 25.1 Å². The Balaban J connectivity index is 2.72. The molecule has 1 N–H and O–H groups in total. The fourth-order valence-electron chi connectivity index (χ4n) is 1.77. The highest BCUT2D eigenvalue weighted by atomic mass is 16.5. The Morgan fingerprint density at radius 3 is 2.93 bits per heavy atom. The minimum atomic E-state index is -0.0728. The summed E-state index contributed by atoms with van der Waals surface area (Å²) in [6.45, 7) is 2.78. The highest BCUT2D eigenvalue weighted by Crippen LogP contribution is 2.21. The standard InChI is InChI=1S/C11H14N2O2/c1-3-7-13-8-5-4-6-9(15-2)10(8)12-11(13)14/h4-6H,3,7H2,1-2H3,(H,12,14). The van der Waals surface area contributed by atoms with Crippen molar-refractivity contribution in [3.63, 3.8) is 0 Å². The molecule has 0 radical (unpaired) electrons. The molecule has 0 spiro atoms. The van der Waals surface area contributed by atoms with Crippen LogP contribution in [0.1, 0.15) is 13.3 Å². The van der Waals surface area contributed by atoms with Gasteiger partial charge in [0.15, 0.2) is 0 Å². The molecule has 0 aliphatic heterocycles. The molecule has 0 aliphatic rings. The van der Waals surface area contributed by atoms with Crippen molar-refractivity contribution in [2.45, 2.75) is 19.9 Å². The summed E-state index contributed by atoms with van der Waals surface area (Å²) < 4.78 is 6.92. The van der Waals surface area contributed by atoms with Crippen LogP contribution in [0.2, 0.25) is 0 Å². The predicted octanol–water partition coefficient (Wildman–Crippen LogP) is 1.75. The first-order chi connectivity index (χ1) is 7.27. The van der Waals surface area contributed by atoms with E-state index in [2.05, 4.69) is 4.98 Å². The molecule has 1 heterocycles. The number of aryl methyl sites for hydroxylation is 1. The van der Waals surface area contributed by atoms with Crippen LogP contribution >= 0.6 is 0 Å². The molecular weight excluding hydrogens is 192 g/mol. The molecule has 0 bridgehead atoms. The lowest BCUT2D eigenvalue weighted by Crippen LogP contribution is -2.16. The molecule has 80 valence electrons. The van der Waals surface area contributed by atoms with Gasteiger partial charge in [0.25, 0.3) is 0 Å². The summed E-state index contributed by atoms with van der Waals surface area (Å²) >= 11 is 0. The van der Waals surface area contributed by atoms with E-state index in [4.69, 9.17) is 4.74 Å². The van der Waals surface area contributed by atoms with Crippen LogP contribution in [0.25, 0.3) is 11.0 Å². The molecule has 0 saturated carbocycles. The minimum absolute atomic E-state index is 0.0728. The average molecular weight is 206 g/mol. The highest BCUT2D eigenvalue weighted by molar-refractivity contribution is 5.81. The number of nitrogens with one attached hydrogen (secondary N) is 1. The van der Waals surface area contributed by atoms with Crippen molar-refractivity contribution in [1.82, 2.24) is 9.55 Å². The van der Waals surface area contributed by atoms with Gasteiger partial charge in [-0.2, -0.15) is 0 Å². The zero-order valence-corrected chi connectivity index (χ0v) is 8.91. The van der Waals surface area contributed by atoms with Crippen molar-refractivity contribution >= 4 is 11.0 Å². The molecule has 0 atom stereocenters. The third-order valence-corrected chi connectivity index (χ3v) is 2.44. The number of para-hydroxylation sites is 1. The summed E-state index contributed by atoms with van der Waals surface area (Å²) in [7, 11) is 1.60. The fourth-order valence-corrected chi connectivity index (χ4v) is 1.77. The molecule has 0 aliphatic carbocycles. The predicted molar refractivity (Wildman–Crippen MR) is 59.4 cm³/mol. The third kappa shape index (κ3) is 1.52. The Kier molecular flexibility index (Phi) is 2.49. The number of ether oxygens (including phenoxy) is 1. The maximum absolute atomic E-state index is 11.6. The summed E-state index contributed by atoms with van der Waals surface area (Å²) in [6, 6.07) is 5.65. The molecule has 0 amide bonds. The lowest BCUT2D eigenvalue weighted by atomic mass is 10.3. The number of rotatable bonds is 3. The van der Waals surface area contributed by atoms with E-state index in [1.54, 1.807) is 11.7 Å². The van der Waals surface area contributed by atoms with E-state index in [-0.39, 0.29) is 5.69 Å². The van der Waals surface area contributed by atoms with Crippen LogP contribution in [0.3, 0.4) is 0 Å². The Hall–Kier alpha value is -1.71. The van der Waals surface area contributed by atoms with Crippen LogP contribution in [0.15, 0.2) is 23.0 Å². The molecule has 4 nitrogen and oxygen atoms in total. The number of methoxy groups -OCH3 is 1. The van der Waals surface area contributed by atoms with Crippen molar-refractivity contribution in [3.8, 4) is 5.75 Å². The first-order valence-corrected chi connectivity index (χ1v) is 5.03. The first kappa shape index (κ1) is 9.83. The first-order valence-electron chi connectivity index (χ1n) is 5.03. The normalized spacial score (nSPS) is 10.8. The quantitative estimate of drug-likeness (QED) is 0.831. The maximum Gasteiger partial charge on any atom is 0.326 e. The van der Waals surface area contributed by atoms with Gasteiger partial charge in [-0.15, -0.1) is 0 Å². The van der Waals surface area contributed by atoms with Gasteiger partial charge in [-0.25, -0.2) is 4.79 Å². The monoisotopic (exact) mass is 206 g/mol. The van der Waals surface area contributed by atoms with E-state index in [9.17, 15) is 4.79 Å². The molecule has 2 rings (SSSR count). The number of hydrogen-bond acceptors (Lipinski definition) is 2. The van der Waals surface area contributed by atoms with Crippen LogP contribution in [0.4, 0.5) is 0 Å². The van der Waals surface area contributed by atoms with Crippen LogP contribution in [0.5, 0.6) is 5.75 Å². The van der Waals surface area contributed by atoms with Gasteiger partial charge in [-0.3, -0.25) is 4.57 Å². The number of aromatic amines is 1. The van der Waals surface area contributed by atoms with Crippen molar-refractivity contribution in [2.75, 3.05) is 7.11 Å². The molecule has 1 aromatic heterocycles. The zero-order chi connectivity index (χ0) is 10.8. The molecule has 0 unspecified atom stereocenters. The number of imidazole rings is 1. The van der Waals surface area contributed by atoms with Crippen LogP contribution in [0, 0.1) is 0 Å². The van der Waals surface area contributed by atoms with Crippen molar-refractivity contribution in [2.24, 2.45) is 0 Å². The van der Waals surface area contributed by atoms with Gasteiger partial charge in [0.05, 0.1) is 12.6 Å². The average Bonchev–Trinajstić information content (AvgIpc) is 2.56. The molecule has 15 heavy (non-hydrogen) atoms. The zero-order valence-electron chi connectivity index (χ0n) is 8.91. The summed E-state index contributed by atoms with van der Waals surface area (Å²) in [5.41, 5.74) is 1.61. The maximum atomic E-state index is 11.6. The Labute approximate surface area is 87.5 Å². The molecular formula is C11H14N2O2. The second kappa shape index (κ2) is 3.81. The SMILES string of the molecule is CCCn1c(=O)[nH]c2c(OC)cccc21. The van der Waals surface area contributed by atoms with Crippen molar-refractivity contribution < 1.29 is 4.74 Å². The van der Waals surface area contributed by atoms with E-state index in [0.29, 0.717) is 5.75 Å². The smallest absolute Gasteiger partial charge is 0.326 e. The Morgan fingerprint density at radius 1 is 1.47 bits per heavy atom. The molecule has 0 fully saturated rings. The van der Waals surface area contributed by atoms with Gasteiger partial charge >= 0.3 is 5.69 Å². The van der Waals surface area contributed by atoms with Crippen LogP contribution in [-0.2, 0) is 6.54 Å². The van der Waals surface area contributed by atoms with E-state index in [0.717, 1.165) is 24.0 Å². The lowest BCUT2D eigenvalue weighted by molar-refractivity contribution is 0.419. The molecule has 4 heteroatoms. The summed E-state index contributed by atoms with van der Waals surface area (Å²) in [5.74, 6) is 0.708. The molecule has 0 saturated heterocycles. The van der Waals surface area contributed by atoms with E-state index in [1.165, 1.54) is 0 Å². The number of fused-ring (bicyclic) bond motifs is 1. The Bertz CT molecular complexity index is 525. The van der Waals surface area contributed by atoms with E-state index < -0.39 is 0 Å². The van der Waals surface area contributed by atoms with Crippen molar-refractivity contribution in [1.29, 1.82) is 0 Å². The number of aromatic nitrogens is 2. The number of hydrogen-bond donors (Lipinski definition) is 1. The van der Waals surface area contributed by atoms with Gasteiger partial charge in [-0.1, -0.05) is 13.0 Å². The Morgan fingerprint density at radius 2 is 2.27 bits per heavy atom. The number of nitrogens with zero attached hydrogens (tertiary/aromatic N) is 1. The highest BCUT2D eigenvalue weighted by Gasteiger charge is 2.08. The summed E-state index contributed by atoms with van der Waals surface area (Å²) in [5, 5.41) is 0. The minimum Gasteiger partial charge on any atom is -0.494 e. The van der Waals surface area contributed by atoms with Crippen molar-refractivity contribution in [3.05, 3.63) is 28.7 Å². The fraction of sp³-hybridized carbons (Fsp3) is 0.364. The molecule has 2 aromatic rings. The second-order valence-corrected chi connectivity index (χ2v) is 3.44. The van der Waals surface area contributed by atoms with Crippen LogP contribution in [-0.4, -0.2) is 16.7 Å². The van der Waals surface area contributed by atoms with Gasteiger partial charge in [0.1, 0.15) is 11.3 Å². The second-order valence-electron chi connectivity index (χ2n) is 3.44. The number of benzene rings is 1. The van der Waals surface area contributed by atoms with Gasteiger partial charge < -0.3 is 9.72 Å². The lowest BCUT2D eigenvalue weighted by Gasteiger charge is -2.02. The van der Waals surface area contributed by atoms with Gasteiger partial charge in [0, 0.05) is 6.54 Å². The summed E-state index contributed by atoms with van der Waals surface area (Å²) in [4.78, 5) is 14.5. The molecule has 1 aromatic carbocycles. The van der Waals surface area contributed by atoms with Gasteiger partial charge in [0.2, 0.25) is 0 Å². The third-order valence-electron chi connectivity index (χ3n) is 2.44. The van der Waals surface area contributed by atoms with Gasteiger partial charge in [-0.05, 0) is 18.6 Å². The largest absolute Gasteiger partial charge is 0.494 e. The topological polar surface area (TPSA) is 47.0 Å². The number of H-pyrrole nitrogens is 1. The van der Waals surface area contributed by atoms with E-state index >= 15 is 0 Å².